The van der Waals surface area contributed by atoms with E-state index in [9.17, 15) is 0 Å². The molecule has 3 heteroatoms. The second-order valence-electron chi connectivity index (χ2n) is 5.99. The van der Waals surface area contributed by atoms with Gasteiger partial charge in [0.25, 0.3) is 0 Å². The van der Waals surface area contributed by atoms with Crippen molar-refractivity contribution in [3.63, 3.8) is 0 Å². The molecule has 0 fully saturated rings. The lowest BCUT2D eigenvalue weighted by molar-refractivity contribution is 0.0483. The SMILES string of the molecule is c1ccc([C@H]2ON=C3c4c(ccc5ccccc45)OC[C@@H]32)cc1. The van der Waals surface area contributed by atoms with Crippen LogP contribution in [0.3, 0.4) is 0 Å². The molecule has 0 N–H and O–H groups in total. The zero-order valence-corrected chi connectivity index (χ0v) is 12.5. The van der Waals surface area contributed by atoms with E-state index in [4.69, 9.17) is 9.57 Å². The zero-order valence-electron chi connectivity index (χ0n) is 12.5. The largest absolute Gasteiger partial charge is 0.492 e. The summed E-state index contributed by atoms with van der Waals surface area (Å²) in [6, 6.07) is 22.7. The number of ether oxygens (including phenoxy) is 1. The third-order valence-corrected chi connectivity index (χ3v) is 4.67. The topological polar surface area (TPSA) is 30.8 Å². The van der Waals surface area contributed by atoms with Crippen LogP contribution in [0.4, 0.5) is 0 Å². The van der Waals surface area contributed by atoms with Gasteiger partial charge in [-0.05, 0) is 22.4 Å². The fourth-order valence-corrected chi connectivity index (χ4v) is 3.55. The van der Waals surface area contributed by atoms with Gasteiger partial charge in [-0.1, -0.05) is 65.8 Å². The molecule has 0 spiro atoms. The molecule has 0 bridgehead atoms. The fourth-order valence-electron chi connectivity index (χ4n) is 3.55. The molecular formula is C20H15NO2. The molecule has 2 atom stereocenters. The molecule has 3 aromatic carbocycles. The third kappa shape index (κ3) is 1.86. The van der Waals surface area contributed by atoms with Gasteiger partial charge in [0.1, 0.15) is 18.1 Å². The number of hydrogen-bond acceptors (Lipinski definition) is 3. The average molecular weight is 301 g/mol. The van der Waals surface area contributed by atoms with Gasteiger partial charge < -0.3 is 9.57 Å². The maximum absolute atomic E-state index is 6.04. The maximum atomic E-state index is 6.04. The Morgan fingerprint density at radius 1 is 0.870 bits per heavy atom. The standard InChI is InChI=1S/C20H15NO2/c1-2-7-14(8-3-1)20-16-12-22-17-11-10-13-6-4-5-9-15(13)18(17)19(16)21-23-20/h1-11,16,20H,12H2/t16-,20+/m0/s1. The third-order valence-electron chi connectivity index (χ3n) is 4.67. The van der Waals surface area contributed by atoms with Crippen LogP contribution in [0.15, 0.2) is 71.9 Å². The van der Waals surface area contributed by atoms with Gasteiger partial charge in [-0.3, -0.25) is 0 Å². The predicted octanol–water partition coefficient (Wildman–Crippen LogP) is 4.32. The number of hydrogen-bond donors (Lipinski definition) is 0. The highest BCUT2D eigenvalue weighted by molar-refractivity contribution is 6.15. The first-order valence-electron chi connectivity index (χ1n) is 7.85. The molecule has 0 aliphatic carbocycles. The average Bonchev–Trinajstić information content (AvgIpc) is 3.06. The van der Waals surface area contributed by atoms with E-state index >= 15 is 0 Å². The van der Waals surface area contributed by atoms with E-state index in [-0.39, 0.29) is 12.0 Å². The Labute approximate surface area is 134 Å². The second-order valence-corrected chi connectivity index (χ2v) is 5.99. The highest BCUT2D eigenvalue weighted by atomic mass is 16.6. The molecule has 23 heavy (non-hydrogen) atoms. The summed E-state index contributed by atoms with van der Waals surface area (Å²) in [7, 11) is 0. The Bertz CT molecular complexity index is 917. The van der Waals surface area contributed by atoms with Gasteiger partial charge >= 0.3 is 0 Å². The lowest BCUT2D eigenvalue weighted by Crippen LogP contribution is -2.29. The summed E-state index contributed by atoms with van der Waals surface area (Å²) in [6.07, 6.45) is -0.0710. The van der Waals surface area contributed by atoms with E-state index in [1.165, 1.54) is 10.8 Å². The van der Waals surface area contributed by atoms with Crippen molar-refractivity contribution in [2.24, 2.45) is 11.1 Å². The monoisotopic (exact) mass is 301 g/mol. The van der Waals surface area contributed by atoms with Gasteiger partial charge in [-0.25, -0.2) is 0 Å². The molecule has 2 aliphatic heterocycles. The minimum Gasteiger partial charge on any atom is -0.492 e. The normalized spacial score (nSPS) is 21.8. The summed E-state index contributed by atoms with van der Waals surface area (Å²) in [6.45, 7) is 0.601. The number of rotatable bonds is 1. The van der Waals surface area contributed by atoms with E-state index in [1.807, 2.05) is 24.3 Å². The van der Waals surface area contributed by atoms with Crippen LogP contribution >= 0.6 is 0 Å². The number of fused-ring (bicyclic) bond motifs is 5. The molecule has 0 saturated heterocycles. The minimum atomic E-state index is -0.0710. The van der Waals surface area contributed by atoms with Crippen LogP contribution in [0.1, 0.15) is 17.2 Å². The Balaban J connectivity index is 1.64. The predicted molar refractivity (Wildman–Crippen MR) is 89.7 cm³/mol. The summed E-state index contributed by atoms with van der Waals surface area (Å²) in [5, 5.41) is 6.81. The maximum Gasteiger partial charge on any atom is 0.164 e. The van der Waals surface area contributed by atoms with Crippen molar-refractivity contribution in [2.75, 3.05) is 6.61 Å². The lowest BCUT2D eigenvalue weighted by atomic mass is 9.85. The Morgan fingerprint density at radius 3 is 2.61 bits per heavy atom. The summed E-state index contributed by atoms with van der Waals surface area (Å²) < 4.78 is 6.04. The first-order chi connectivity index (χ1) is 11.4. The molecule has 3 aromatic rings. The summed E-state index contributed by atoms with van der Waals surface area (Å²) in [5.41, 5.74) is 3.23. The van der Waals surface area contributed by atoms with E-state index < -0.39 is 0 Å². The van der Waals surface area contributed by atoms with Crippen LogP contribution in [0.2, 0.25) is 0 Å². The molecule has 0 saturated carbocycles. The first-order valence-corrected chi connectivity index (χ1v) is 7.85. The van der Waals surface area contributed by atoms with Crippen LogP contribution < -0.4 is 4.74 Å². The van der Waals surface area contributed by atoms with Gasteiger partial charge in [-0.2, -0.15) is 0 Å². The molecule has 2 heterocycles. The van der Waals surface area contributed by atoms with Crippen molar-refractivity contribution in [3.05, 3.63) is 77.9 Å². The molecule has 5 rings (SSSR count). The van der Waals surface area contributed by atoms with Crippen molar-refractivity contribution in [1.29, 1.82) is 0 Å². The number of oxime groups is 1. The van der Waals surface area contributed by atoms with Gasteiger partial charge in [0.15, 0.2) is 6.10 Å². The fraction of sp³-hybridized carbons (Fsp3) is 0.150. The van der Waals surface area contributed by atoms with Gasteiger partial charge in [0.2, 0.25) is 0 Å². The van der Waals surface area contributed by atoms with Gasteiger partial charge in [-0.15, -0.1) is 0 Å². The van der Waals surface area contributed by atoms with E-state index in [0.717, 1.165) is 22.6 Å². The van der Waals surface area contributed by atoms with Crippen LogP contribution in [-0.4, -0.2) is 12.3 Å². The zero-order chi connectivity index (χ0) is 15.2. The minimum absolute atomic E-state index is 0.0710. The molecule has 0 aromatic heterocycles. The van der Waals surface area contributed by atoms with Crippen LogP contribution in [0, 0.1) is 5.92 Å². The first kappa shape index (κ1) is 12.7. The summed E-state index contributed by atoms with van der Waals surface area (Å²) >= 11 is 0. The smallest absolute Gasteiger partial charge is 0.164 e. The highest BCUT2D eigenvalue weighted by Crippen LogP contribution is 2.42. The van der Waals surface area contributed by atoms with Crippen molar-refractivity contribution in [2.45, 2.75) is 6.10 Å². The molecule has 2 aliphatic rings. The van der Waals surface area contributed by atoms with E-state index in [1.54, 1.807) is 0 Å². The Kier molecular flexibility index (Phi) is 2.68. The van der Waals surface area contributed by atoms with Crippen molar-refractivity contribution in [3.8, 4) is 5.75 Å². The second kappa shape index (κ2) is 4.85. The summed E-state index contributed by atoms with van der Waals surface area (Å²) in [4.78, 5) is 5.80. The van der Waals surface area contributed by atoms with Crippen LogP contribution in [0.25, 0.3) is 10.8 Å². The lowest BCUT2D eigenvalue weighted by Gasteiger charge is -2.26. The van der Waals surface area contributed by atoms with E-state index in [2.05, 4.69) is 47.6 Å². The number of nitrogens with zero attached hydrogens (tertiary/aromatic N) is 1. The Morgan fingerprint density at radius 2 is 1.70 bits per heavy atom. The van der Waals surface area contributed by atoms with Crippen molar-refractivity contribution < 1.29 is 9.57 Å². The molecular weight excluding hydrogens is 286 g/mol. The van der Waals surface area contributed by atoms with Crippen molar-refractivity contribution >= 4 is 16.5 Å². The summed E-state index contributed by atoms with van der Waals surface area (Å²) in [5.74, 6) is 1.03. The molecule has 3 nitrogen and oxygen atoms in total. The van der Waals surface area contributed by atoms with Gasteiger partial charge in [0.05, 0.1) is 5.92 Å². The quantitative estimate of drug-likeness (QED) is 0.670. The van der Waals surface area contributed by atoms with Crippen molar-refractivity contribution in [1.82, 2.24) is 0 Å². The Hall–Kier alpha value is -2.81. The molecule has 112 valence electrons. The molecule has 0 unspecified atom stereocenters. The van der Waals surface area contributed by atoms with Crippen LogP contribution in [0.5, 0.6) is 5.75 Å². The molecule has 0 radical (unpaired) electrons. The molecule has 0 amide bonds. The van der Waals surface area contributed by atoms with Crippen LogP contribution in [-0.2, 0) is 4.84 Å². The number of benzene rings is 3. The van der Waals surface area contributed by atoms with E-state index in [0.29, 0.717) is 6.61 Å². The van der Waals surface area contributed by atoms with Gasteiger partial charge in [0, 0.05) is 5.56 Å². The highest BCUT2D eigenvalue weighted by Gasteiger charge is 2.41.